The van der Waals surface area contributed by atoms with Crippen LogP contribution in [0.5, 0.6) is 0 Å². The summed E-state index contributed by atoms with van der Waals surface area (Å²) in [5, 5.41) is 2.72. The van der Waals surface area contributed by atoms with Crippen LogP contribution in [0.1, 0.15) is 43.7 Å². The molecule has 0 heterocycles. The molecule has 0 aromatic heterocycles. The van der Waals surface area contributed by atoms with E-state index in [0.717, 1.165) is 24.0 Å². The van der Waals surface area contributed by atoms with Crippen molar-refractivity contribution in [3.05, 3.63) is 71.8 Å². The number of unbranched alkanes of at least 4 members (excludes halogenated alkanes) is 1. The van der Waals surface area contributed by atoms with Crippen molar-refractivity contribution in [1.29, 1.82) is 0 Å². The normalized spacial score (nSPS) is 12.5. The second kappa shape index (κ2) is 13.2. The summed E-state index contributed by atoms with van der Waals surface area (Å²) in [6.45, 7) is 2.61. The van der Waals surface area contributed by atoms with Crippen molar-refractivity contribution >= 4 is 17.8 Å². The first-order valence-corrected chi connectivity index (χ1v) is 10.8. The lowest BCUT2D eigenvalue weighted by Crippen LogP contribution is -2.29. The summed E-state index contributed by atoms with van der Waals surface area (Å²) < 4.78 is 5.16. The third-order valence-corrected chi connectivity index (χ3v) is 5.27. The molecule has 2 aromatic rings. The van der Waals surface area contributed by atoms with Crippen molar-refractivity contribution in [3.8, 4) is 0 Å². The molecule has 2 amide bonds. The third-order valence-electron chi connectivity index (χ3n) is 5.27. The highest BCUT2D eigenvalue weighted by Crippen LogP contribution is 2.18. The first kappa shape index (κ1) is 24.1. The van der Waals surface area contributed by atoms with E-state index >= 15 is 0 Å². The van der Waals surface area contributed by atoms with Gasteiger partial charge in [0.2, 0.25) is 5.91 Å². The van der Waals surface area contributed by atoms with Gasteiger partial charge in [-0.05, 0) is 30.4 Å². The van der Waals surface area contributed by atoms with Gasteiger partial charge >= 0.3 is 6.09 Å². The Morgan fingerprint density at radius 2 is 1.55 bits per heavy atom. The van der Waals surface area contributed by atoms with Gasteiger partial charge < -0.3 is 15.8 Å². The molecule has 0 saturated heterocycles. The molecule has 0 aliphatic rings. The largest absolute Gasteiger partial charge is 0.445 e. The zero-order valence-electron chi connectivity index (χ0n) is 18.1. The highest BCUT2D eigenvalue weighted by Gasteiger charge is 2.23. The topological polar surface area (TPSA) is 98.5 Å². The Morgan fingerprint density at radius 3 is 2.16 bits per heavy atom. The Bertz CT molecular complexity index is 824. The molecular formula is C25H32N2O4. The van der Waals surface area contributed by atoms with Crippen molar-refractivity contribution in [2.24, 2.45) is 17.6 Å². The molecule has 166 valence electrons. The van der Waals surface area contributed by atoms with Crippen molar-refractivity contribution in [3.63, 3.8) is 0 Å². The molecule has 6 nitrogen and oxygen atoms in total. The summed E-state index contributed by atoms with van der Waals surface area (Å²) in [5.41, 5.74) is 7.45. The molecule has 0 radical (unpaired) electrons. The van der Waals surface area contributed by atoms with Gasteiger partial charge in [-0.25, -0.2) is 4.79 Å². The number of ketones is 1. The van der Waals surface area contributed by atoms with Crippen LogP contribution in [0.4, 0.5) is 4.79 Å². The molecule has 0 fully saturated rings. The lowest BCUT2D eigenvalue weighted by molar-refractivity contribution is -0.129. The van der Waals surface area contributed by atoms with Crippen LogP contribution in [0.2, 0.25) is 0 Å². The number of hydrogen-bond donors (Lipinski definition) is 2. The van der Waals surface area contributed by atoms with Crippen LogP contribution >= 0.6 is 0 Å². The van der Waals surface area contributed by atoms with E-state index in [2.05, 4.69) is 5.32 Å². The number of benzene rings is 2. The summed E-state index contributed by atoms with van der Waals surface area (Å²) in [4.78, 5) is 36.1. The predicted molar refractivity (Wildman–Crippen MR) is 120 cm³/mol. The fourth-order valence-corrected chi connectivity index (χ4v) is 3.32. The van der Waals surface area contributed by atoms with Gasteiger partial charge in [-0.3, -0.25) is 9.59 Å². The minimum absolute atomic E-state index is 0.0509. The molecule has 0 unspecified atom stereocenters. The Hall–Kier alpha value is -3.15. The van der Waals surface area contributed by atoms with Crippen LogP contribution in [0, 0.1) is 11.8 Å². The van der Waals surface area contributed by atoms with E-state index in [1.54, 1.807) is 0 Å². The van der Waals surface area contributed by atoms with E-state index in [9.17, 15) is 14.4 Å². The minimum atomic E-state index is -0.488. The first-order chi connectivity index (χ1) is 15.0. The Morgan fingerprint density at radius 1 is 0.935 bits per heavy atom. The number of carbonyl (C=O) groups is 3. The van der Waals surface area contributed by atoms with Gasteiger partial charge in [0.1, 0.15) is 12.4 Å². The number of carbonyl (C=O) groups excluding carboxylic acids is 3. The van der Waals surface area contributed by atoms with Gasteiger partial charge in [-0.2, -0.15) is 0 Å². The van der Waals surface area contributed by atoms with E-state index in [4.69, 9.17) is 10.5 Å². The standard InChI is InChI=1S/C25H32N2O4/c1-19(23(28)17-22(24(26)29)16-20-11-4-2-5-12-20)10-8-9-15-27-25(30)31-18-21-13-6-3-7-14-21/h2-7,11-14,19,22H,8-10,15-18H2,1H3,(H2,26,29)(H,27,30)/t19-,22+/m0/s1. The number of nitrogens with two attached hydrogens (primary N) is 1. The van der Waals surface area contributed by atoms with Gasteiger partial charge in [-0.15, -0.1) is 0 Å². The molecule has 31 heavy (non-hydrogen) atoms. The number of ether oxygens (including phenoxy) is 1. The first-order valence-electron chi connectivity index (χ1n) is 10.8. The smallest absolute Gasteiger partial charge is 0.407 e. The Labute approximate surface area is 184 Å². The highest BCUT2D eigenvalue weighted by molar-refractivity contribution is 5.87. The van der Waals surface area contributed by atoms with E-state index < -0.39 is 17.9 Å². The summed E-state index contributed by atoms with van der Waals surface area (Å²) in [6, 6.07) is 19.1. The zero-order valence-corrected chi connectivity index (χ0v) is 18.1. The highest BCUT2D eigenvalue weighted by atomic mass is 16.5. The van der Waals surface area contributed by atoms with Crippen LogP contribution in [-0.4, -0.2) is 24.3 Å². The predicted octanol–water partition coefficient (Wildman–Crippen LogP) is 4.02. The third kappa shape index (κ3) is 9.47. The van der Waals surface area contributed by atoms with E-state index in [1.807, 2.05) is 67.6 Å². The summed E-state index contributed by atoms with van der Waals surface area (Å²) in [6.07, 6.45) is 2.45. The molecule has 2 rings (SSSR count). The SMILES string of the molecule is C[C@@H](CCCCNC(=O)OCc1ccccc1)C(=O)C[C@@H](Cc1ccccc1)C(N)=O. The quantitative estimate of drug-likeness (QED) is 0.474. The van der Waals surface area contributed by atoms with Crippen LogP contribution in [0.15, 0.2) is 60.7 Å². The molecular weight excluding hydrogens is 392 g/mol. The maximum atomic E-state index is 12.5. The number of Topliss-reactive ketones (excluding diaryl/α,β-unsaturated/α-hetero) is 1. The number of rotatable bonds is 13. The monoisotopic (exact) mass is 424 g/mol. The van der Waals surface area contributed by atoms with Gasteiger partial charge in [0, 0.05) is 24.8 Å². The maximum Gasteiger partial charge on any atom is 0.407 e. The van der Waals surface area contributed by atoms with Crippen molar-refractivity contribution in [1.82, 2.24) is 5.32 Å². The zero-order chi connectivity index (χ0) is 22.5. The second-order valence-electron chi connectivity index (χ2n) is 7.84. The molecule has 0 bridgehead atoms. The minimum Gasteiger partial charge on any atom is -0.445 e. The number of alkyl carbamates (subject to hydrolysis) is 1. The van der Waals surface area contributed by atoms with Crippen LogP contribution in [0.3, 0.4) is 0 Å². The summed E-state index contributed by atoms with van der Waals surface area (Å²) >= 11 is 0. The molecule has 2 aromatic carbocycles. The lowest BCUT2D eigenvalue weighted by Gasteiger charge is -2.16. The summed E-state index contributed by atoms with van der Waals surface area (Å²) in [7, 11) is 0. The van der Waals surface area contributed by atoms with Crippen molar-refractivity contribution < 1.29 is 19.1 Å². The fourth-order valence-electron chi connectivity index (χ4n) is 3.32. The molecule has 0 saturated carbocycles. The van der Waals surface area contributed by atoms with Crippen LogP contribution in [-0.2, 0) is 27.4 Å². The van der Waals surface area contributed by atoms with Crippen molar-refractivity contribution in [2.75, 3.05) is 6.54 Å². The molecule has 0 aliphatic heterocycles. The lowest BCUT2D eigenvalue weighted by atomic mass is 9.88. The molecule has 6 heteroatoms. The molecule has 0 spiro atoms. The maximum absolute atomic E-state index is 12.5. The van der Waals surface area contributed by atoms with E-state index in [0.29, 0.717) is 19.4 Å². The molecule has 3 N–H and O–H groups in total. The van der Waals surface area contributed by atoms with Gasteiger partial charge in [-0.1, -0.05) is 74.0 Å². The molecule has 2 atom stereocenters. The van der Waals surface area contributed by atoms with Gasteiger partial charge in [0.15, 0.2) is 0 Å². The Kier molecular flexibility index (Phi) is 10.3. The fraction of sp³-hybridized carbons (Fsp3) is 0.400. The van der Waals surface area contributed by atoms with Crippen LogP contribution in [0.25, 0.3) is 0 Å². The second-order valence-corrected chi connectivity index (χ2v) is 7.84. The van der Waals surface area contributed by atoms with Gasteiger partial charge in [0.25, 0.3) is 0 Å². The van der Waals surface area contributed by atoms with Crippen LogP contribution < -0.4 is 11.1 Å². The molecule has 0 aliphatic carbocycles. The number of nitrogens with one attached hydrogen (secondary N) is 1. The average Bonchev–Trinajstić information content (AvgIpc) is 2.78. The average molecular weight is 425 g/mol. The van der Waals surface area contributed by atoms with E-state index in [1.165, 1.54) is 0 Å². The van der Waals surface area contributed by atoms with E-state index in [-0.39, 0.29) is 24.7 Å². The number of amides is 2. The number of primary amides is 1. The van der Waals surface area contributed by atoms with Crippen molar-refractivity contribution in [2.45, 2.75) is 45.6 Å². The number of hydrogen-bond acceptors (Lipinski definition) is 4. The summed E-state index contributed by atoms with van der Waals surface area (Å²) in [5.74, 6) is -1.03. The Balaban J connectivity index is 1.62. The van der Waals surface area contributed by atoms with Gasteiger partial charge in [0.05, 0.1) is 0 Å².